The summed E-state index contributed by atoms with van der Waals surface area (Å²) in [4.78, 5) is 4.86. The molecule has 200 valence electrons. The number of benzene rings is 5. The number of aromatic amines is 1. The van der Waals surface area contributed by atoms with E-state index in [1.165, 1.54) is 33.2 Å². The monoisotopic (exact) mass is 540 g/mol. The summed E-state index contributed by atoms with van der Waals surface area (Å²) < 4.78 is 2.29. The van der Waals surface area contributed by atoms with Gasteiger partial charge in [0.15, 0.2) is 0 Å². The molecule has 4 heteroatoms. The van der Waals surface area contributed by atoms with E-state index in [9.17, 15) is 0 Å². The number of para-hydroxylation sites is 2. The van der Waals surface area contributed by atoms with Gasteiger partial charge in [-0.1, -0.05) is 78.9 Å². The predicted octanol–water partition coefficient (Wildman–Crippen LogP) is 9.67. The fourth-order valence-corrected chi connectivity index (χ4v) is 6.48. The lowest BCUT2D eigenvalue weighted by molar-refractivity contribution is 1.11. The van der Waals surface area contributed by atoms with Crippen molar-refractivity contribution in [2.24, 2.45) is 0 Å². The number of H-pyrrole nitrogens is 1. The van der Waals surface area contributed by atoms with Gasteiger partial charge in [-0.05, 0) is 89.7 Å². The van der Waals surface area contributed by atoms with Gasteiger partial charge in [0.2, 0.25) is 0 Å². The van der Waals surface area contributed by atoms with E-state index in [0.29, 0.717) is 0 Å². The second kappa shape index (κ2) is 9.57. The number of pyridine rings is 1. The van der Waals surface area contributed by atoms with Crippen LogP contribution in [0.1, 0.15) is 11.1 Å². The van der Waals surface area contributed by atoms with Crippen LogP contribution in [0.5, 0.6) is 0 Å². The van der Waals surface area contributed by atoms with Crippen LogP contribution in [0.2, 0.25) is 0 Å². The highest BCUT2D eigenvalue weighted by Crippen LogP contribution is 2.39. The molecule has 0 saturated carbocycles. The lowest BCUT2D eigenvalue weighted by atomic mass is 9.90. The molecule has 0 saturated heterocycles. The molecule has 0 spiro atoms. The first-order valence-electron chi connectivity index (χ1n) is 14.3. The highest BCUT2D eigenvalue weighted by atomic mass is 15.1. The molecular weight excluding hydrogens is 512 g/mol. The summed E-state index contributed by atoms with van der Waals surface area (Å²) in [6.07, 6.45) is 1.88. The van der Waals surface area contributed by atoms with E-state index in [0.717, 1.165) is 50.0 Å². The predicted molar refractivity (Wildman–Crippen MR) is 174 cm³/mol. The first kappa shape index (κ1) is 24.3. The Balaban J connectivity index is 1.42. The lowest BCUT2D eigenvalue weighted by Crippen LogP contribution is -1.98. The molecule has 0 aliphatic rings. The molecule has 1 N–H and O–H groups in total. The Morgan fingerprint density at radius 3 is 2.10 bits per heavy atom. The van der Waals surface area contributed by atoms with Crippen LogP contribution in [0.4, 0.5) is 0 Å². The third-order valence-corrected chi connectivity index (χ3v) is 8.29. The van der Waals surface area contributed by atoms with Gasteiger partial charge in [0.25, 0.3) is 0 Å². The van der Waals surface area contributed by atoms with Gasteiger partial charge >= 0.3 is 0 Å². The number of fused-ring (bicyclic) bond motifs is 4. The summed E-state index contributed by atoms with van der Waals surface area (Å²) in [6, 6.07) is 43.1. The maximum Gasteiger partial charge on any atom is 0.145 e. The van der Waals surface area contributed by atoms with Crippen molar-refractivity contribution in [1.82, 2.24) is 19.7 Å². The van der Waals surface area contributed by atoms with Crippen molar-refractivity contribution in [2.45, 2.75) is 13.8 Å². The van der Waals surface area contributed by atoms with Gasteiger partial charge in [0.05, 0.1) is 16.7 Å². The molecule has 8 rings (SSSR count). The minimum atomic E-state index is 0.948. The van der Waals surface area contributed by atoms with Crippen LogP contribution in [0.15, 0.2) is 128 Å². The minimum Gasteiger partial charge on any atom is -0.294 e. The van der Waals surface area contributed by atoms with Crippen LogP contribution in [-0.4, -0.2) is 19.7 Å². The lowest BCUT2D eigenvalue weighted by Gasteiger charge is -2.17. The largest absolute Gasteiger partial charge is 0.294 e. The third kappa shape index (κ3) is 3.84. The van der Waals surface area contributed by atoms with Gasteiger partial charge in [-0.25, -0.2) is 4.98 Å². The zero-order valence-corrected chi connectivity index (χ0v) is 23.5. The summed E-state index contributed by atoms with van der Waals surface area (Å²) >= 11 is 0. The smallest absolute Gasteiger partial charge is 0.145 e. The van der Waals surface area contributed by atoms with E-state index >= 15 is 0 Å². The van der Waals surface area contributed by atoms with E-state index in [1.54, 1.807) is 0 Å². The van der Waals surface area contributed by atoms with E-state index < -0.39 is 0 Å². The third-order valence-electron chi connectivity index (χ3n) is 8.29. The normalized spacial score (nSPS) is 11.6. The Hall–Kier alpha value is -5.48. The maximum atomic E-state index is 4.86. The Morgan fingerprint density at radius 2 is 1.26 bits per heavy atom. The molecule has 42 heavy (non-hydrogen) atoms. The molecule has 0 aliphatic carbocycles. The van der Waals surface area contributed by atoms with E-state index in [1.807, 2.05) is 24.4 Å². The number of hydrogen-bond donors (Lipinski definition) is 1. The molecule has 8 aromatic rings. The molecule has 3 aromatic heterocycles. The highest BCUT2D eigenvalue weighted by molar-refractivity contribution is 6.08. The van der Waals surface area contributed by atoms with Gasteiger partial charge in [-0.3, -0.25) is 9.67 Å². The molecule has 0 fully saturated rings. The quantitative estimate of drug-likeness (QED) is 0.241. The Morgan fingerprint density at radius 1 is 0.571 bits per heavy atom. The molecule has 0 bridgehead atoms. The van der Waals surface area contributed by atoms with Crippen LogP contribution in [0, 0.1) is 13.8 Å². The average molecular weight is 541 g/mol. The molecule has 5 aromatic carbocycles. The van der Waals surface area contributed by atoms with E-state index in [4.69, 9.17) is 4.98 Å². The maximum absolute atomic E-state index is 4.86. The zero-order valence-electron chi connectivity index (χ0n) is 23.5. The number of hydrogen-bond acceptors (Lipinski definition) is 2. The summed E-state index contributed by atoms with van der Waals surface area (Å²) in [5.74, 6) is 0. The molecule has 4 nitrogen and oxygen atoms in total. The number of nitrogens with zero attached hydrogens (tertiary/aromatic N) is 3. The summed E-state index contributed by atoms with van der Waals surface area (Å²) in [6.45, 7) is 4.43. The first-order valence-corrected chi connectivity index (χ1v) is 14.3. The van der Waals surface area contributed by atoms with Crippen molar-refractivity contribution >= 4 is 32.8 Å². The number of nitrogens with one attached hydrogen (secondary N) is 1. The fraction of sp³-hybridized carbons (Fsp3) is 0.0526. The van der Waals surface area contributed by atoms with Crippen LogP contribution >= 0.6 is 0 Å². The average Bonchev–Trinajstić information content (AvgIpc) is 3.61. The molecule has 0 atom stereocenters. The zero-order chi connectivity index (χ0) is 28.2. The summed E-state index contributed by atoms with van der Waals surface area (Å²) in [5, 5.41) is 11.4. The topological polar surface area (TPSA) is 46.5 Å². The van der Waals surface area contributed by atoms with Gasteiger partial charge in [0.1, 0.15) is 5.65 Å². The van der Waals surface area contributed by atoms with Crippen molar-refractivity contribution in [2.75, 3.05) is 0 Å². The molecule has 0 aliphatic heterocycles. The Kier molecular flexibility index (Phi) is 5.54. The Bertz CT molecular complexity index is 2190. The molecular formula is C38H28N4. The SMILES string of the molecule is Cc1cc(-c2ccccc2)cc(C)c1-c1cc(-c2[nH]nc3ccccc23)cc(-n2c3ccccc3c3cccnc32)c1. The summed E-state index contributed by atoms with van der Waals surface area (Å²) in [5.41, 5.74) is 13.6. The molecule has 0 radical (unpaired) electrons. The van der Waals surface area contributed by atoms with E-state index in [-0.39, 0.29) is 0 Å². The minimum absolute atomic E-state index is 0.948. The van der Waals surface area contributed by atoms with Crippen LogP contribution in [0.25, 0.3) is 72.0 Å². The van der Waals surface area contributed by atoms with Crippen molar-refractivity contribution in [3.63, 3.8) is 0 Å². The molecule has 3 heterocycles. The fourth-order valence-electron chi connectivity index (χ4n) is 6.48. The van der Waals surface area contributed by atoms with Crippen LogP contribution in [0.3, 0.4) is 0 Å². The second-order valence-electron chi connectivity index (χ2n) is 11.0. The number of aromatic nitrogens is 4. The highest BCUT2D eigenvalue weighted by Gasteiger charge is 2.18. The molecule has 0 amide bonds. The van der Waals surface area contributed by atoms with E-state index in [2.05, 4.69) is 132 Å². The molecule has 0 unspecified atom stereocenters. The van der Waals surface area contributed by atoms with Crippen molar-refractivity contribution in [3.8, 4) is 39.2 Å². The van der Waals surface area contributed by atoms with Crippen molar-refractivity contribution in [1.29, 1.82) is 0 Å². The van der Waals surface area contributed by atoms with Gasteiger partial charge in [-0.2, -0.15) is 5.10 Å². The van der Waals surface area contributed by atoms with Crippen LogP contribution in [-0.2, 0) is 0 Å². The summed E-state index contributed by atoms with van der Waals surface area (Å²) in [7, 11) is 0. The van der Waals surface area contributed by atoms with Gasteiger partial charge in [0, 0.05) is 33.6 Å². The number of rotatable bonds is 4. The number of aryl methyl sites for hydroxylation is 2. The first-order chi connectivity index (χ1) is 20.7. The second-order valence-corrected chi connectivity index (χ2v) is 11.0. The van der Waals surface area contributed by atoms with Gasteiger partial charge < -0.3 is 0 Å². The van der Waals surface area contributed by atoms with Crippen molar-refractivity contribution < 1.29 is 0 Å². The van der Waals surface area contributed by atoms with Gasteiger partial charge in [-0.15, -0.1) is 0 Å². The standard InChI is InChI=1S/C38H28N4/c1-24-19-27(26-11-4-3-5-12-26)20-25(2)36(24)28-21-29(37-33-14-6-8-16-34(33)40-41-37)23-30(22-28)42-35-17-9-7-13-31(35)32-15-10-18-39-38(32)42/h3-23H,1-2H3,(H,40,41). The van der Waals surface area contributed by atoms with Crippen LogP contribution < -0.4 is 0 Å². The van der Waals surface area contributed by atoms with Crippen molar-refractivity contribution in [3.05, 3.63) is 139 Å². The Labute approximate surface area is 243 Å².